The van der Waals surface area contributed by atoms with Crippen LogP contribution >= 0.6 is 11.3 Å². The van der Waals surface area contributed by atoms with Crippen molar-refractivity contribution in [1.82, 2.24) is 9.97 Å². The number of aromatic nitrogens is 2. The first-order valence-corrected chi connectivity index (χ1v) is 15.2. The Morgan fingerprint density at radius 3 is 2.21 bits per heavy atom. The molecule has 2 aromatic carbocycles. The third-order valence-corrected chi connectivity index (χ3v) is 7.56. The summed E-state index contributed by atoms with van der Waals surface area (Å²) in [5.74, 6) is -0.242. The molecule has 2 N–H and O–H groups in total. The van der Waals surface area contributed by atoms with Crippen LogP contribution in [0.3, 0.4) is 0 Å². The van der Waals surface area contributed by atoms with Crippen molar-refractivity contribution in [3.05, 3.63) is 83.1 Å². The number of carboxylic acid groups (broad SMARTS) is 2. The highest BCUT2D eigenvalue weighted by atomic mass is 32.1. The Morgan fingerprint density at radius 1 is 0.738 bits per heavy atom. The van der Waals surface area contributed by atoms with Gasteiger partial charge in [-0.3, -0.25) is 9.59 Å². The fourth-order valence-corrected chi connectivity index (χ4v) is 5.42. The number of hydrogen-bond acceptors (Lipinski definition) is 7. The van der Waals surface area contributed by atoms with E-state index in [1.807, 2.05) is 24.3 Å². The Labute approximate surface area is 250 Å². The minimum atomic E-state index is -0.859. The number of ether oxygens (including phenoxy) is 2. The fraction of sp³-hybridized carbons (Fsp3) is 0.333. The zero-order chi connectivity index (χ0) is 29.6. The third-order valence-electron chi connectivity index (χ3n) is 6.88. The highest BCUT2D eigenvalue weighted by Gasteiger charge is 2.12. The van der Waals surface area contributed by atoms with Gasteiger partial charge >= 0.3 is 11.9 Å². The Kier molecular flexibility index (Phi) is 11.9. The molecule has 2 aromatic heterocycles. The van der Waals surface area contributed by atoms with E-state index in [0.29, 0.717) is 25.2 Å². The van der Waals surface area contributed by atoms with E-state index in [9.17, 15) is 14.7 Å². The molecule has 0 amide bonds. The van der Waals surface area contributed by atoms with Gasteiger partial charge in [0.15, 0.2) is 0 Å². The average Bonchev–Trinajstić information content (AvgIpc) is 3.54. The van der Waals surface area contributed by atoms with E-state index in [1.165, 1.54) is 6.33 Å². The summed E-state index contributed by atoms with van der Waals surface area (Å²) in [6, 6.07) is 14.1. The maximum Gasteiger partial charge on any atom is 0.303 e. The van der Waals surface area contributed by atoms with Crippen LogP contribution in [-0.4, -0.2) is 45.3 Å². The van der Waals surface area contributed by atoms with E-state index in [1.54, 1.807) is 23.7 Å². The first-order chi connectivity index (χ1) is 20.5. The predicted molar refractivity (Wildman–Crippen MR) is 163 cm³/mol. The Balaban J connectivity index is 1.28. The van der Waals surface area contributed by atoms with E-state index in [2.05, 4.69) is 38.9 Å². The standard InChI is InChI=1S/C33H36N2O6S/c36-32(37)10-6-15-41-31-9-5-8-24(30(31)11-12-33(38)39)7-3-1-2-4-14-40-29-18-26(25-13-16-42-22-25)17-27(19-29)28-20-34-23-35-21-28/h5,8-9,13,16-23H,1-4,6-7,10-12,14-15H2,(H,36,37)(H,38,39). The molecule has 0 radical (unpaired) electrons. The normalized spacial score (nSPS) is 10.9. The lowest BCUT2D eigenvalue weighted by molar-refractivity contribution is -0.138. The van der Waals surface area contributed by atoms with Gasteiger partial charge in [-0.05, 0) is 101 Å². The molecule has 0 unspecified atom stereocenters. The van der Waals surface area contributed by atoms with Gasteiger partial charge in [0.2, 0.25) is 0 Å². The van der Waals surface area contributed by atoms with Gasteiger partial charge in [0, 0.05) is 30.8 Å². The van der Waals surface area contributed by atoms with Crippen LogP contribution in [-0.2, 0) is 22.4 Å². The average molecular weight is 589 g/mol. The number of thiophene rings is 1. The van der Waals surface area contributed by atoms with Crippen LogP contribution in [0, 0.1) is 0 Å². The largest absolute Gasteiger partial charge is 0.494 e. The quantitative estimate of drug-likeness (QED) is 0.116. The molecule has 0 spiro atoms. The van der Waals surface area contributed by atoms with Crippen molar-refractivity contribution in [2.45, 2.75) is 57.8 Å². The van der Waals surface area contributed by atoms with Crippen LogP contribution in [0.5, 0.6) is 11.5 Å². The van der Waals surface area contributed by atoms with Gasteiger partial charge in [0.25, 0.3) is 0 Å². The highest BCUT2D eigenvalue weighted by molar-refractivity contribution is 7.08. The molecule has 0 bridgehead atoms. The smallest absolute Gasteiger partial charge is 0.303 e. The van der Waals surface area contributed by atoms with Gasteiger partial charge in [-0.15, -0.1) is 0 Å². The van der Waals surface area contributed by atoms with Crippen molar-refractivity contribution in [3.8, 4) is 33.8 Å². The molecule has 4 rings (SSSR count). The van der Waals surface area contributed by atoms with Crippen LogP contribution in [0.15, 0.2) is 71.9 Å². The number of carbonyl (C=O) groups is 2. The molecule has 0 aliphatic heterocycles. The Morgan fingerprint density at radius 2 is 1.48 bits per heavy atom. The van der Waals surface area contributed by atoms with Gasteiger partial charge in [-0.2, -0.15) is 11.3 Å². The maximum absolute atomic E-state index is 11.2. The zero-order valence-corrected chi connectivity index (χ0v) is 24.4. The lowest BCUT2D eigenvalue weighted by atomic mass is 9.97. The second kappa shape index (κ2) is 16.3. The molecule has 0 aliphatic carbocycles. The zero-order valence-electron chi connectivity index (χ0n) is 23.5. The number of benzene rings is 2. The molecule has 0 fully saturated rings. The van der Waals surface area contributed by atoms with Gasteiger partial charge in [-0.1, -0.05) is 25.0 Å². The van der Waals surface area contributed by atoms with Gasteiger partial charge < -0.3 is 19.7 Å². The van der Waals surface area contributed by atoms with Crippen molar-refractivity contribution in [2.24, 2.45) is 0 Å². The number of nitrogens with zero attached hydrogens (tertiary/aromatic N) is 2. The molecule has 2 heterocycles. The highest BCUT2D eigenvalue weighted by Crippen LogP contribution is 2.32. The summed E-state index contributed by atoms with van der Waals surface area (Å²) in [4.78, 5) is 30.3. The second-order valence-corrected chi connectivity index (χ2v) is 10.8. The van der Waals surface area contributed by atoms with E-state index >= 15 is 0 Å². The predicted octanol–water partition coefficient (Wildman–Crippen LogP) is 7.31. The topological polar surface area (TPSA) is 119 Å². The van der Waals surface area contributed by atoms with Gasteiger partial charge in [-0.25, -0.2) is 9.97 Å². The molecule has 0 aliphatic rings. The molecular weight excluding hydrogens is 552 g/mol. The number of aryl methyl sites for hydroxylation is 1. The van der Waals surface area contributed by atoms with E-state index in [0.717, 1.165) is 71.2 Å². The van der Waals surface area contributed by atoms with Crippen molar-refractivity contribution in [2.75, 3.05) is 13.2 Å². The Bertz CT molecular complexity index is 1430. The fourth-order valence-electron chi connectivity index (χ4n) is 4.76. The lowest BCUT2D eigenvalue weighted by Crippen LogP contribution is -2.07. The molecule has 8 nitrogen and oxygen atoms in total. The number of unbranched alkanes of at least 4 members (excludes halogenated alkanes) is 3. The van der Waals surface area contributed by atoms with E-state index in [-0.39, 0.29) is 19.4 Å². The summed E-state index contributed by atoms with van der Waals surface area (Å²) in [6.45, 7) is 0.897. The summed E-state index contributed by atoms with van der Waals surface area (Å²) in [6.07, 6.45) is 10.7. The van der Waals surface area contributed by atoms with Gasteiger partial charge in [0.05, 0.1) is 13.2 Å². The van der Waals surface area contributed by atoms with Crippen molar-refractivity contribution < 1.29 is 29.3 Å². The second-order valence-electron chi connectivity index (χ2n) is 10.0. The molecule has 0 atom stereocenters. The number of rotatable bonds is 18. The first-order valence-electron chi connectivity index (χ1n) is 14.2. The molecule has 0 saturated carbocycles. The van der Waals surface area contributed by atoms with Crippen LogP contribution in [0.25, 0.3) is 22.3 Å². The summed E-state index contributed by atoms with van der Waals surface area (Å²) < 4.78 is 12.0. The maximum atomic E-state index is 11.2. The van der Waals surface area contributed by atoms with E-state index in [4.69, 9.17) is 14.6 Å². The summed E-state index contributed by atoms with van der Waals surface area (Å²) in [7, 11) is 0. The van der Waals surface area contributed by atoms with Crippen molar-refractivity contribution >= 4 is 23.3 Å². The summed E-state index contributed by atoms with van der Waals surface area (Å²) in [5.41, 5.74) is 6.20. The minimum absolute atomic E-state index is 0.0203. The lowest BCUT2D eigenvalue weighted by Gasteiger charge is -2.15. The molecule has 9 heteroatoms. The molecule has 0 saturated heterocycles. The summed E-state index contributed by atoms with van der Waals surface area (Å²) in [5, 5.41) is 22.3. The van der Waals surface area contributed by atoms with Crippen molar-refractivity contribution in [3.63, 3.8) is 0 Å². The monoisotopic (exact) mass is 588 g/mol. The molecule has 42 heavy (non-hydrogen) atoms. The van der Waals surface area contributed by atoms with Crippen LogP contribution in [0.2, 0.25) is 0 Å². The minimum Gasteiger partial charge on any atom is -0.494 e. The molecule has 220 valence electrons. The van der Waals surface area contributed by atoms with Crippen LogP contribution < -0.4 is 9.47 Å². The summed E-state index contributed by atoms with van der Waals surface area (Å²) >= 11 is 1.66. The first kappa shape index (κ1) is 30.7. The van der Waals surface area contributed by atoms with E-state index < -0.39 is 11.9 Å². The molecule has 4 aromatic rings. The SMILES string of the molecule is O=C(O)CCCOc1cccc(CCCCCCOc2cc(-c3cncnc3)cc(-c3ccsc3)c2)c1CCC(=O)O. The van der Waals surface area contributed by atoms with Crippen LogP contribution in [0.1, 0.15) is 56.1 Å². The Hall–Kier alpha value is -4.24. The number of aliphatic carboxylic acids is 2. The van der Waals surface area contributed by atoms with Crippen molar-refractivity contribution in [1.29, 1.82) is 0 Å². The van der Waals surface area contributed by atoms with Gasteiger partial charge in [0.1, 0.15) is 17.8 Å². The number of hydrogen-bond donors (Lipinski definition) is 2. The third kappa shape index (κ3) is 9.69. The number of carboxylic acids is 2. The molecular formula is C33H36N2O6S. The van der Waals surface area contributed by atoms with Crippen LogP contribution in [0.4, 0.5) is 0 Å².